The maximum atomic E-state index is 13.2. The van der Waals surface area contributed by atoms with Crippen LogP contribution in [0.25, 0.3) is 0 Å². The average molecular weight is 230 g/mol. The Morgan fingerprint density at radius 2 is 1.56 bits per heavy atom. The number of carbonyl (C=O) groups is 1. The molecule has 0 heterocycles. The highest BCUT2D eigenvalue weighted by Crippen LogP contribution is 2.23. The zero-order chi connectivity index (χ0) is 12.5. The molecule has 1 aromatic carbocycles. The summed E-state index contributed by atoms with van der Waals surface area (Å²) in [4.78, 5) is 11.6. The van der Waals surface area contributed by atoms with E-state index in [0.717, 1.165) is 0 Å². The largest absolute Gasteiger partial charge is 0.294 e. The summed E-state index contributed by atoms with van der Waals surface area (Å²) in [6.07, 6.45) is 0.0784. The first-order chi connectivity index (χ1) is 7.20. The minimum Gasteiger partial charge on any atom is -0.294 e. The van der Waals surface area contributed by atoms with Crippen molar-refractivity contribution < 1.29 is 18.0 Å². The first-order valence-electron chi connectivity index (χ1n) is 4.88. The summed E-state index contributed by atoms with van der Waals surface area (Å²) in [7, 11) is 0. The van der Waals surface area contributed by atoms with Crippen LogP contribution in [0.5, 0.6) is 0 Å². The molecule has 1 nitrogen and oxygen atoms in total. The van der Waals surface area contributed by atoms with E-state index in [4.69, 9.17) is 0 Å². The standard InChI is InChI=1S/C12H13F3O/c1-12(2,3)6-11(16)7-4-9(14)10(15)5-8(7)13/h4-5H,6H2,1-3H3. The summed E-state index contributed by atoms with van der Waals surface area (Å²) < 4.78 is 38.7. The van der Waals surface area contributed by atoms with Crippen molar-refractivity contribution in [2.24, 2.45) is 5.41 Å². The monoisotopic (exact) mass is 230 g/mol. The minimum atomic E-state index is -1.29. The van der Waals surface area contributed by atoms with Crippen LogP contribution in [0.1, 0.15) is 37.6 Å². The Balaban J connectivity index is 3.05. The number of halogens is 3. The highest BCUT2D eigenvalue weighted by molar-refractivity contribution is 5.96. The second-order valence-corrected chi connectivity index (χ2v) is 4.91. The van der Waals surface area contributed by atoms with Gasteiger partial charge < -0.3 is 0 Å². The van der Waals surface area contributed by atoms with Crippen molar-refractivity contribution in [3.8, 4) is 0 Å². The zero-order valence-corrected chi connectivity index (χ0v) is 9.40. The first-order valence-corrected chi connectivity index (χ1v) is 4.88. The van der Waals surface area contributed by atoms with Crippen LogP contribution in [-0.2, 0) is 0 Å². The first kappa shape index (κ1) is 12.7. The van der Waals surface area contributed by atoms with E-state index >= 15 is 0 Å². The molecule has 0 amide bonds. The Morgan fingerprint density at radius 1 is 1.06 bits per heavy atom. The third-order valence-corrected chi connectivity index (χ3v) is 2.00. The Hall–Kier alpha value is -1.32. The Kier molecular flexibility index (Phi) is 3.41. The quantitative estimate of drug-likeness (QED) is 0.559. The maximum Gasteiger partial charge on any atom is 0.166 e. The van der Waals surface area contributed by atoms with E-state index in [0.29, 0.717) is 12.1 Å². The van der Waals surface area contributed by atoms with Crippen molar-refractivity contribution in [3.05, 3.63) is 35.1 Å². The van der Waals surface area contributed by atoms with Crippen molar-refractivity contribution in [1.82, 2.24) is 0 Å². The number of rotatable bonds is 2. The lowest BCUT2D eigenvalue weighted by molar-refractivity contribution is 0.0935. The van der Waals surface area contributed by atoms with E-state index in [1.54, 1.807) is 0 Å². The third kappa shape index (κ3) is 3.08. The van der Waals surface area contributed by atoms with Gasteiger partial charge in [-0.2, -0.15) is 0 Å². The number of carbonyl (C=O) groups excluding carboxylic acids is 1. The summed E-state index contributed by atoms with van der Waals surface area (Å²) in [5.41, 5.74) is -0.720. The predicted octanol–water partition coefficient (Wildman–Crippen LogP) is 3.72. The number of Topliss-reactive ketones (excluding diaryl/α,β-unsaturated/α-hetero) is 1. The van der Waals surface area contributed by atoms with Gasteiger partial charge in [-0.05, 0) is 11.5 Å². The molecule has 0 aromatic heterocycles. The predicted molar refractivity (Wildman–Crippen MR) is 54.7 cm³/mol. The molecule has 16 heavy (non-hydrogen) atoms. The number of ketones is 1. The van der Waals surface area contributed by atoms with Gasteiger partial charge in [-0.3, -0.25) is 4.79 Å². The topological polar surface area (TPSA) is 17.1 Å². The molecule has 4 heteroatoms. The van der Waals surface area contributed by atoms with Crippen LogP contribution in [-0.4, -0.2) is 5.78 Å². The van der Waals surface area contributed by atoms with Crippen molar-refractivity contribution in [2.75, 3.05) is 0 Å². The SMILES string of the molecule is CC(C)(C)CC(=O)c1cc(F)c(F)cc1F. The lowest BCUT2D eigenvalue weighted by Crippen LogP contribution is -2.14. The average Bonchev–Trinajstić information content (AvgIpc) is 2.08. The Labute approximate surface area is 92.3 Å². The molecule has 0 saturated heterocycles. The highest BCUT2D eigenvalue weighted by atomic mass is 19.2. The fourth-order valence-electron chi connectivity index (χ4n) is 1.31. The van der Waals surface area contributed by atoms with Crippen LogP contribution in [0.2, 0.25) is 0 Å². The van der Waals surface area contributed by atoms with Crippen LogP contribution in [0.3, 0.4) is 0 Å². The van der Waals surface area contributed by atoms with E-state index in [-0.39, 0.29) is 11.8 Å². The summed E-state index contributed by atoms with van der Waals surface area (Å²) in [6, 6.07) is 1.00. The van der Waals surface area contributed by atoms with Crippen molar-refractivity contribution >= 4 is 5.78 Å². The van der Waals surface area contributed by atoms with Gasteiger partial charge in [-0.25, -0.2) is 13.2 Å². The smallest absolute Gasteiger partial charge is 0.166 e. The minimum absolute atomic E-state index is 0.0784. The van der Waals surface area contributed by atoms with Gasteiger partial charge in [0.05, 0.1) is 5.56 Å². The van der Waals surface area contributed by atoms with Gasteiger partial charge in [0.15, 0.2) is 17.4 Å². The molecule has 88 valence electrons. The normalized spacial score (nSPS) is 11.6. The summed E-state index contributed by atoms with van der Waals surface area (Å²) in [6.45, 7) is 5.42. The third-order valence-electron chi connectivity index (χ3n) is 2.00. The fourth-order valence-corrected chi connectivity index (χ4v) is 1.31. The molecule has 0 aliphatic heterocycles. The molecule has 0 atom stereocenters. The van der Waals surface area contributed by atoms with E-state index in [1.165, 1.54) is 0 Å². The molecule has 0 radical (unpaired) electrons. The molecular weight excluding hydrogens is 217 g/mol. The highest BCUT2D eigenvalue weighted by Gasteiger charge is 2.21. The second kappa shape index (κ2) is 4.28. The molecule has 0 N–H and O–H groups in total. The van der Waals surface area contributed by atoms with Gasteiger partial charge in [0.1, 0.15) is 5.82 Å². The molecule has 0 bridgehead atoms. The van der Waals surface area contributed by atoms with Crippen LogP contribution in [0.15, 0.2) is 12.1 Å². The molecule has 0 saturated carbocycles. The maximum absolute atomic E-state index is 13.2. The lowest BCUT2D eigenvalue weighted by atomic mass is 9.88. The van der Waals surface area contributed by atoms with E-state index in [9.17, 15) is 18.0 Å². The van der Waals surface area contributed by atoms with E-state index < -0.39 is 28.8 Å². The second-order valence-electron chi connectivity index (χ2n) is 4.91. The van der Waals surface area contributed by atoms with Gasteiger partial charge in [0.2, 0.25) is 0 Å². The molecule has 0 aliphatic carbocycles. The Morgan fingerprint density at radius 3 is 2.06 bits per heavy atom. The molecular formula is C12H13F3O. The van der Waals surface area contributed by atoms with Gasteiger partial charge in [0, 0.05) is 12.5 Å². The molecule has 0 fully saturated rings. The summed E-state index contributed by atoms with van der Waals surface area (Å²) in [5, 5.41) is 0. The molecule has 0 aliphatic rings. The van der Waals surface area contributed by atoms with Crippen LogP contribution < -0.4 is 0 Å². The van der Waals surface area contributed by atoms with Crippen LogP contribution >= 0.6 is 0 Å². The van der Waals surface area contributed by atoms with Gasteiger partial charge >= 0.3 is 0 Å². The molecule has 0 unspecified atom stereocenters. The van der Waals surface area contributed by atoms with Gasteiger partial charge in [0.25, 0.3) is 0 Å². The summed E-state index contributed by atoms with van der Waals surface area (Å²) in [5.74, 6) is -4.04. The number of hydrogen-bond donors (Lipinski definition) is 0. The Bertz CT molecular complexity index is 419. The zero-order valence-electron chi connectivity index (χ0n) is 9.40. The molecule has 0 spiro atoms. The number of hydrogen-bond acceptors (Lipinski definition) is 1. The molecule has 1 aromatic rings. The van der Waals surface area contributed by atoms with E-state index in [1.807, 2.05) is 20.8 Å². The van der Waals surface area contributed by atoms with Crippen molar-refractivity contribution in [1.29, 1.82) is 0 Å². The van der Waals surface area contributed by atoms with Crippen molar-refractivity contribution in [2.45, 2.75) is 27.2 Å². The van der Waals surface area contributed by atoms with Gasteiger partial charge in [-0.15, -0.1) is 0 Å². The van der Waals surface area contributed by atoms with E-state index in [2.05, 4.69) is 0 Å². The lowest BCUT2D eigenvalue weighted by Gasteiger charge is -2.16. The van der Waals surface area contributed by atoms with Gasteiger partial charge in [-0.1, -0.05) is 20.8 Å². The number of benzene rings is 1. The van der Waals surface area contributed by atoms with Crippen LogP contribution in [0, 0.1) is 22.9 Å². The van der Waals surface area contributed by atoms with Crippen LogP contribution in [0.4, 0.5) is 13.2 Å². The van der Waals surface area contributed by atoms with Crippen molar-refractivity contribution in [3.63, 3.8) is 0 Å². The molecule has 1 rings (SSSR count). The summed E-state index contributed by atoms with van der Waals surface area (Å²) >= 11 is 0. The fraction of sp³-hybridized carbons (Fsp3) is 0.417.